The summed E-state index contributed by atoms with van der Waals surface area (Å²) in [5.41, 5.74) is 1.99. The highest BCUT2D eigenvalue weighted by Gasteiger charge is 2.37. The number of hydrogen-bond donors (Lipinski definition) is 0. The van der Waals surface area contributed by atoms with E-state index in [0.29, 0.717) is 12.6 Å². The van der Waals surface area contributed by atoms with Crippen LogP contribution in [-0.2, 0) is 17.6 Å². The summed E-state index contributed by atoms with van der Waals surface area (Å²) in [6.07, 6.45) is 7.39. The van der Waals surface area contributed by atoms with Crippen LogP contribution in [0.2, 0.25) is 18.1 Å². The predicted octanol–water partition coefficient (Wildman–Crippen LogP) is 3.25. The van der Waals surface area contributed by atoms with Crippen molar-refractivity contribution < 1.29 is 4.43 Å². The molecule has 24 heavy (non-hydrogen) atoms. The maximum atomic E-state index is 6.21. The van der Waals surface area contributed by atoms with Gasteiger partial charge in [-0.1, -0.05) is 20.8 Å². The second-order valence-corrected chi connectivity index (χ2v) is 12.8. The third-order valence-corrected chi connectivity index (χ3v) is 8.92. The highest BCUT2D eigenvalue weighted by atomic mass is 28.4. The zero-order valence-electron chi connectivity index (χ0n) is 15.9. The van der Waals surface area contributed by atoms with Gasteiger partial charge in [0.1, 0.15) is 6.33 Å². The molecule has 0 aromatic carbocycles. The molecule has 0 saturated heterocycles. The molecule has 0 atom stereocenters. The Hall–Kier alpha value is -1.57. The van der Waals surface area contributed by atoms with Crippen molar-refractivity contribution in [3.05, 3.63) is 36.2 Å². The van der Waals surface area contributed by atoms with Crippen LogP contribution in [0.3, 0.4) is 0 Å². The fourth-order valence-corrected chi connectivity index (χ4v) is 2.89. The molecule has 0 unspecified atom stereocenters. The van der Waals surface area contributed by atoms with E-state index in [2.05, 4.69) is 53.7 Å². The van der Waals surface area contributed by atoms with Crippen LogP contribution in [0.4, 0.5) is 0 Å². The van der Waals surface area contributed by atoms with Crippen LogP contribution in [0.25, 0.3) is 5.95 Å². The molecule has 2 aromatic rings. The highest BCUT2D eigenvalue weighted by Crippen LogP contribution is 2.36. The summed E-state index contributed by atoms with van der Waals surface area (Å²) in [5, 5.41) is 0.195. The van der Waals surface area contributed by atoms with Gasteiger partial charge < -0.3 is 9.33 Å². The van der Waals surface area contributed by atoms with Gasteiger partial charge in [-0.25, -0.2) is 15.0 Å². The summed E-state index contributed by atoms with van der Waals surface area (Å²) in [6, 6.07) is 0. The van der Waals surface area contributed by atoms with E-state index in [9.17, 15) is 0 Å². The zero-order chi connectivity index (χ0) is 18.0. The molecule has 0 N–H and O–H groups in total. The van der Waals surface area contributed by atoms with Gasteiger partial charge in [0.15, 0.2) is 8.32 Å². The van der Waals surface area contributed by atoms with Crippen LogP contribution in [0.15, 0.2) is 24.9 Å². The molecule has 0 spiro atoms. The summed E-state index contributed by atoms with van der Waals surface area (Å²) < 4.78 is 8.05. The third-order valence-electron chi connectivity index (χ3n) is 4.44. The monoisotopic (exact) mass is 347 g/mol. The van der Waals surface area contributed by atoms with Gasteiger partial charge in [-0.15, -0.1) is 0 Å². The van der Waals surface area contributed by atoms with E-state index < -0.39 is 8.32 Å². The van der Waals surface area contributed by atoms with E-state index in [4.69, 9.17) is 4.43 Å². The van der Waals surface area contributed by atoms with Crippen molar-refractivity contribution in [2.24, 2.45) is 0 Å². The Morgan fingerprint density at radius 3 is 2.29 bits per heavy atom. The quantitative estimate of drug-likeness (QED) is 0.751. The molecule has 2 aromatic heterocycles. The smallest absolute Gasteiger partial charge is 0.234 e. The molecule has 132 valence electrons. The van der Waals surface area contributed by atoms with Crippen LogP contribution >= 0.6 is 0 Å². The van der Waals surface area contributed by atoms with E-state index in [-0.39, 0.29) is 5.04 Å². The van der Waals surface area contributed by atoms with E-state index in [1.54, 1.807) is 6.33 Å². The van der Waals surface area contributed by atoms with E-state index in [0.717, 1.165) is 17.8 Å². The number of nitrogens with zero attached hydrogens (tertiary/aromatic N) is 5. The Labute approximate surface area is 146 Å². The van der Waals surface area contributed by atoms with Crippen LogP contribution in [0.1, 0.15) is 32.0 Å². The van der Waals surface area contributed by atoms with Gasteiger partial charge in [-0.3, -0.25) is 4.57 Å². The SMILES string of the molecule is CN(C)Cc1cnc(-n2cnc(CO[Si](C)(C)C(C)(C)C)c2)nc1. The fourth-order valence-electron chi connectivity index (χ4n) is 1.95. The second-order valence-electron chi connectivity index (χ2n) is 7.95. The van der Waals surface area contributed by atoms with Crippen molar-refractivity contribution in [3.8, 4) is 5.95 Å². The van der Waals surface area contributed by atoms with E-state index in [1.807, 2.05) is 37.3 Å². The van der Waals surface area contributed by atoms with Crippen LogP contribution in [0.5, 0.6) is 0 Å². The molecule has 2 rings (SSSR count). The lowest BCUT2D eigenvalue weighted by Gasteiger charge is -2.35. The maximum absolute atomic E-state index is 6.21. The first-order valence-electron chi connectivity index (χ1n) is 8.21. The average molecular weight is 348 g/mol. The van der Waals surface area contributed by atoms with E-state index >= 15 is 0 Å². The summed E-state index contributed by atoms with van der Waals surface area (Å²) >= 11 is 0. The number of hydrogen-bond acceptors (Lipinski definition) is 5. The van der Waals surface area contributed by atoms with Crippen molar-refractivity contribution in [1.29, 1.82) is 0 Å². The summed E-state index contributed by atoms with van der Waals surface area (Å²) in [6.45, 7) is 12.6. The molecular formula is C17H29N5OSi. The summed E-state index contributed by atoms with van der Waals surface area (Å²) in [7, 11) is 2.29. The zero-order valence-corrected chi connectivity index (χ0v) is 16.9. The van der Waals surface area contributed by atoms with Gasteiger partial charge in [0.05, 0.1) is 12.3 Å². The Balaban J connectivity index is 2.03. The molecule has 0 amide bonds. The predicted molar refractivity (Wildman–Crippen MR) is 98.5 cm³/mol. The molecule has 0 radical (unpaired) electrons. The Bertz CT molecular complexity index is 658. The maximum Gasteiger partial charge on any atom is 0.234 e. The fraction of sp³-hybridized carbons (Fsp3) is 0.588. The lowest BCUT2D eigenvalue weighted by atomic mass is 10.2. The van der Waals surface area contributed by atoms with Crippen LogP contribution in [-0.4, -0.2) is 46.8 Å². The molecule has 7 heteroatoms. The van der Waals surface area contributed by atoms with Crippen molar-refractivity contribution in [2.75, 3.05) is 14.1 Å². The molecule has 0 aliphatic carbocycles. The van der Waals surface area contributed by atoms with Gasteiger partial charge in [0, 0.05) is 30.7 Å². The molecule has 0 saturated carbocycles. The van der Waals surface area contributed by atoms with Crippen molar-refractivity contribution in [3.63, 3.8) is 0 Å². The minimum absolute atomic E-state index is 0.195. The molecule has 0 aliphatic rings. The number of rotatable bonds is 6. The third kappa shape index (κ3) is 4.72. The van der Waals surface area contributed by atoms with Crippen LogP contribution < -0.4 is 0 Å². The molecule has 6 nitrogen and oxygen atoms in total. The average Bonchev–Trinajstić information content (AvgIpc) is 2.93. The van der Waals surface area contributed by atoms with Gasteiger partial charge >= 0.3 is 0 Å². The second kappa shape index (κ2) is 7.12. The summed E-state index contributed by atoms with van der Waals surface area (Å²) in [5.74, 6) is 0.628. The summed E-state index contributed by atoms with van der Waals surface area (Å²) in [4.78, 5) is 15.3. The molecule has 2 heterocycles. The molecular weight excluding hydrogens is 318 g/mol. The Morgan fingerprint density at radius 2 is 1.75 bits per heavy atom. The van der Waals surface area contributed by atoms with Crippen molar-refractivity contribution in [1.82, 2.24) is 24.4 Å². The first-order valence-corrected chi connectivity index (χ1v) is 11.1. The lowest BCUT2D eigenvalue weighted by Crippen LogP contribution is -2.40. The minimum atomic E-state index is -1.77. The van der Waals surface area contributed by atoms with Gasteiger partial charge in [-0.05, 0) is 32.2 Å². The normalized spacial score (nSPS) is 12.8. The first kappa shape index (κ1) is 18.8. The number of imidazole rings is 1. The Kier molecular flexibility index (Phi) is 5.57. The van der Waals surface area contributed by atoms with Crippen molar-refractivity contribution in [2.45, 2.75) is 52.1 Å². The van der Waals surface area contributed by atoms with Gasteiger partial charge in [0.25, 0.3) is 0 Å². The minimum Gasteiger partial charge on any atom is -0.411 e. The molecule has 0 bridgehead atoms. The van der Waals surface area contributed by atoms with Crippen molar-refractivity contribution >= 4 is 8.32 Å². The standard InChI is InChI=1S/C17H29N5OSi/c1-17(2,3)24(6,7)23-12-15-11-22(13-20-15)16-18-8-14(9-19-16)10-21(4)5/h8-9,11,13H,10,12H2,1-7H3. The largest absolute Gasteiger partial charge is 0.411 e. The molecule has 0 fully saturated rings. The highest BCUT2D eigenvalue weighted by molar-refractivity contribution is 6.74. The topological polar surface area (TPSA) is 56.1 Å². The van der Waals surface area contributed by atoms with Crippen LogP contribution in [0, 0.1) is 0 Å². The van der Waals surface area contributed by atoms with Gasteiger partial charge in [0.2, 0.25) is 5.95 Å². The lowest BCUT2D eigenvalue weighted by molar-refractivity contribution is 0.272. The Morgan fingerprint density at radius 1 is 1.12 bits per heavy atom. The van der Waals surface area contributed by atoms with Gasteiger partial charge in [-0.2, -0.15) is 0 Å². The van der Waals surface area contributed by atoms with E-state index in [1.165, 1.54) is 0 Å². The number of aromatic nitrogens is 4. The first-order chi connectivity index (χ1) is 11.1. The molecule has 0 aliphatic heterocycles.